The number of aldehydes is 1. The van der Waals surface area contributed by atoms with Crippen LogP contribution in [-0.2, 0) is 19.1 Å². The van der Waals surface area contributed by atoms with E-state index in [2.05, 4.69) is 29.8 Å². The minimum absolute atomic E-state index is 0.0906. The number of hydrogen-bond acceptors (Lipinski definition) is 5. The summed E-state index contributed by atoms with van der Waals surface area (Å²) in [5.41, 5.74) is 0.274. The summed E-state index contributed by atoms with van der Waals surface area (Å²) in [6.07, 6.45) is 4.88. The van der Waals surface area contributed by atoms with Crippen molar-refractivity contribution in [3.05, 3.63) is 0 Å². The lowest BCUT2D eigenvalue weighted by atomic mass is 9.76. The number of carbonyl (C=O) groups excluding carboxylic acids is 4. The van der Waals surface area contributed by atoms with E-state index in [0.717, 1.165) is 25.7 Å². The van der Waals surface area contributed by atoms with Crippen molar-refractivity contribution in [1.82, 2.24) is 16.0 Å². The van der Waals surface area contributed by atoms with E-state index in [1.54, 1.807) is 0 Å². The molecule has 3 atom stereocenters. The minimum Gasteiger partial charge on any atom is -0.446 e. The van der Waals surface area contributed by atoms with Crippen LogP contribution in [0.3, 0.4) is 0 Å². The molecule has 8 nitrogen and oxygen atoms in total. The summed E-state index contributed by atoms with van der Waals surface area (Å²) in [4.78, 5) is 48.4. The maximum atomic E-state index is 12.8. The maximum Gasteiger partial charge on any atom is 0.408 e. The number of alkyl carbamates (subject to hydrolysis) is 1. The van der Waals surface area contributed by atoms with E-state index in [1.807, 2.05) is 13.8 Å². The van der Waals surface area contributed by atoms with Crippen molar-refractivity contribution >= 4 is 24.2 Å². The van der Waals surface area contributed by atoms with E-state index in [9.17, 15) is 19.2 Å². The van der Waals surface area contributed by atoms with Gasteiger partial charge in [0.15, 0.2) is 0 Å². The second kappa shape index (κ2) is 10.8. The second-order valence-electron chi connectivity index (χ2n) is 9.86. The number of ether oxygens (including phenoxy) is 1. The molecular weight excluding hydrogens is 386 g/mol. The summed E-state index contributed by atoms with van der Waals surface area (Å²) >= 11 is 0. The first-order valence-electron chi connectivity index (χ1n) is 11.1. The number of carbonyl (C=O) groups is 4. The van der Waals surface area contributed by atoms with E-state index < -0.39 is 24.1 Å². The monoisotopic (exact) mass is 423 g/mol. The van der Waals surface area contributed by atoms with Gasteiger partial charge < -0.3 is 25.5 Å². The van der Waals surface area contributed by atoms with Crippen molar-refractivity contribution in [2.75, 3.05) is 6.54 Å². The third-order valence-corrected chi connectivity index (χ3v) is 6.07. The molecule has 3 N–H and O–H groups in total. The molecular formula is C22H37N3O5. The molecule has 1 saturated heterocycles. The van der Waals surface area contributed by atoms with Crippen molar-refractivity contribution in [1.29, 1.82) is 0 Å². The molecule has 8 heteroatoms. The predicted octanol–water partition coefficient (Wildman–Crippen LogP) is 2.31. The lowest BCUT2D eigenvalue weighted by Crippen LogP contribution is -2.51. The normalized spacial score (nSPS) is 23.4. The van der Waals surface area contributed by atoms with Crippen LogP contribution in [-0.4, -0.2) is 48.9 Å². The van der Waals surface area contributed by atoms with Gasteiger partial charge in [0.2, 0.25) is 11.8 Å². The van der Waals surface area contributed by atoms with E-state index in [1.165, 1.54) is 0 Å². The first-order chi connectivity index (χ1) is 14.1. The van der Waals surface area contributed by atoms with Crippen molar-refractivity contribution < 1.29 is 23.9 Å². The molecule has 1 aliphatic heterocycles. The Balaban J connectivity index is 1.89. The summed E-state index contributed by atoms with van der Waals surface area (Å²) in [5.74, 6) is -0.641. The van der Waals surface area contributed by atoms with Crippen LogP contribution in [0.1, 0.15) is 72.6 Å². The lowest BCUT2D eigenvalue weighted by Gasteiger charge is -2.34. The van der Waals surface area contributed by atoms with E-state index in [-0.39, 0.29) is 35.7 Å². The largest absolute Gasteiger partial charge is 0.446 e. The molecule has 2 fully saturated rings. The Morgan fingerprint density at radius 2 is 1.87 bits per heavy atom. The molecule has 1 saturated carbocycles. The molecule has 0 aromatic heterocycles. The first-order valence-corrected chi connectivity index (χ1v) is 11.1. The molecule has 3 unspecified atom stereocenters. The topological polar surface area (TPSA) is 114 Å². The quantitative estimate of drug-likeness (QED) is 0.493. The number of amides is 3. The molecule has 0 spiro atoms. The van der Waals surface area contributed by atoms with Crippen LogP contribution >= 0.6 is 0 Å². The highest BCUT2D eigenvalue weighted by atomic mass is 16.6. The molecule has 2 rings (SSSR count). The van der Waals surface area contributed by atoms with Gasteiger partial charge in [-0.25, -0.2) is 4.79 Å². The average Bonchev–Trinajstić information content (AvgIpc) is 3.06. The molecule has 1 aliphatic carbocycles. The summed E-state index contributed by atoms with van der Waals surface area (Å²) in [5, 5.41) is 8.09. The third kappa shape index (κ3) is 7.61. The van der Waals surface area contributed by atoms with Crippen LogP contribution in [0, 0.1) is 17.3 Å². The van der Waals surface area contributed by atoms with Crippen LogP contribution in [0.25, 0.3) is 0 Å². The molecule has 0 aromatic carbocycles. The molecule has 0 bridgehead atoms. The summed E-state index contributed by atoms with van der Waals surface area (Å²) in [7, 11) is 0. The Kier molecular flexibility index (Phi) is 8.67. The maximum absolute atomic E-state index is 12.8. The highest BCUT2D eigenvalue weighted by Gasteiger charge is 2.32. The SMILES string of the molecule is CC(C)CC(NC(=O)OC1CCC(C)(C)CC1)C(=O)NC(C=O)CC1CCNC1=O. The highest BCUT2D eigenvalue weighted by molar-refractivity contribution is 5.88. The van der Waals surface area contributed by atoms with Crippen LogP contribution in [0.15, 0.2) is 0 Å². The zero-order valence-corrected chi connectivity index (χ0v) is 18.7. The standard InChI is InChI=1S/C22H37N3O5/c1-14(2)11-18(25-21(29)30-17-5-8-22(3,4)9-6-17)20(28)24-16(13-26)12-15-7-10-23-19(15)27/h13-18H,5-12H2,1-4H3,(H,23,27)(H,24,28)(H,25,29). The summed E-state index contributed by atoms with van der Waals surface area (Å²) < 4.78 is 5.55. The lowest BCUT2D eigenvalue weighted by molar-refractivity contribution is -0.127. The van der Waals surface area contributed by atoms with Crippen molar-refractivity contribution in [2.45, 2.75) is 90.8 Å². The Bertz CT molecular complexity index is 624. The van der Waals surface area contributed by atoms with Crippen molar-refractivity contribution in [3.8, 4) is 0 Å². The second-order valence-corrected chi connectivity index (χ2v) is 9.86. The Morgan fingerprint density at radius 1 is 1.20 bits per heavy atom. The van der Waals surface area contributed by atoms with E-state index in [0.29, 0.717) is 25.7 Å². The van der Waals surface area contributed by atoms with Crippen LogP contribution in [0.5, 0.6) is 0 Å². The predicted molar refractivity (Wildman–Crippen MR) is 113 cm³/mol. The summed E-state index contributed by atoms with van der Waals surface area (Å²) in [6.45, 7) is 8.92. The molecule has 3 amide bonds. The number of rotatable bonds is 9. The first kappa shape index (κ1) is 24.2. The fourth-order valence-electron chi connectivity index (χ4n) is 4.13. The van der Waals surface area contributed by atoms with Gasteiger partial charge >= 0.3 is 6.09 Å². The molecule has 30 heavy (non-hydrogen) atoms. The van der Waals surface area contributed by atoms with Gasteiger partial charge in [-0.05, 0) is 56.3 Å². The van der Waals surface area contributed by atoms with Gasteiger partial charge in [-0.3, -0.25) is 9.59 Å². The zero-order valence-electron chi connectivity index (χ0n) is 18.7. The van der Waals surface area contributed by atoms with E-state index in [4.69, 9.17) is 4.74 Å². The Morgan fingerprint density at radius 3 is 2.40 bits per heavy atom. The molecule has 0 aromatic rings. The fourth-order valence-corrected chi connectivity index (χ4v) is 4.13. The van der Waals surface area contributed by atoms with Gasteiger partial charge in [0.1, 0.15) is 18.4 Å². The minimum atomic E-state index is -0.794. The third-order valence-electron chi connectivity index (χ3n) is 6.07. The Hall–Kier alpha value is -2.12. The summed E-state index contributed by atoms with van der Waals surface area (Å²) in [6, 6.07) is -1.56. The van der Waals surface area contributed by atoms with Crippen LogP contribution in [0.2, 0.25) is 0 Å². The Labute approximate surface area is 179 Å². The van der Waals surface area contributed by atoms with Gasteiger partial charge in [0.25, 0.3) is 0 Å². The molecule has 0 radical (unpaired) electrons. The van der Waals surface area contributed by atoms with Crippen LogP contribution in [0.4, 0.5) is 4.79 Å². The fraction of sp³-hybridized carbons (Fsp3) is 0.818. The number of hydrogen-bond donors (Lipinski definition) is 3. The van der Waals surface area contributed by atoms with Crippen LogP contribution < -0.4 is 16.0 Å². The van der Waals surface area contributed by atoms with Crippen molar-refractivity contribution in [2.24, 2.45) is 17.3 Å². The highest BCUT2D eigenvalue weighted by Crippen LogP contribution is 2.36. The molecule has 1 heterocycles. The molecule has 170 valence electrons. The smallest absolute Gasteiger partial charge is 0.408 e. The zero-order chi connectivity index (χ0) is 22.3. The van der Waals surface area contributed by atoms with Gasteiger partial charge in [-0.15, -0.1) is 0 Å². The van der Waals surface area contributed by atoms with E-state index >= 15 is 0 Å². The average molecular weight is 424 g/mol. The van der Waals surface area contributed by atoms with Crippen molar-refractivity contribution in [3.63, 3.8) is 0 Å². The molecule has 2 aliphatic rings. The van der Waals surface area contributed by atoms with Gasteiger partial charge in [-0.2, -0.15) is 0 Å². The van der Waals surface area contributed by atoms with Gasteiger partial charge in [0.05, 0.1) is 6.04 Å². The van der Waals surface area contributed by atoms with Gasteiger partial charge in [-0.1, -0.05) is 27.7 Å². The number of nitrogens with one attached hydrogen (secondary N) is 3. The van der Waals surface area contributed by atoms with Gasteiger partial charge in [0, 0.05) is 12.5 Å².